The highest BCUT2D eigenvalue weighted by Gasteiger charge is 2.03. The third-order valence-electron chi connectivity index (χ3n) is 2.43. The molecule has 2 rings (SSSR count). The van der Waals surface area contributed by atoms with Crippen molar-refractivity contribution >= 4 is 23.1 Å². The predicted octanol–water partition coefficient (Wildman–Crippen LogP) is 2.71. The van der Waals surface area contributed by atoms with Crippen molar-refractivity contribution in [3.63, 3.8) is 0 Å². The van der Waals surface area contributed by atoms with Crippen LogP contribution in [0.4, 0.5) is 0 Å². The van der Waals surface area contributed by atoms with E-state index in [0.29, 0.717) is 16.1 Å². The summed E-state index contributed by atoms with van der Waals surface area (Å²) in [5.41, 5.74) is 1.81. The van der Waals surface area contributed by atoms with Crippen LogP contribution in [0.15, 0.2) is 23.0 Å². The van der Waals surface area contributed by atoms with Gasteiger partial charge in [0.05, 0.1) is 10.9 Å². The minimum absolute atomic E-state index is 0.128. The molecule has 0 saturated carbocycles. The maximum Gasteiger partial charge on any atom is 0.259 e. The Morgan fingerprint density at radius 1 is 1.27 bits per heavy atom. The van der Waals surface area contributed by atoms with Crippen LogP contribution in [0.2, 0.25) is 0 Å². The summed E-state index contributed by atoms with van der Waals surface area (Å²) in [5.74, 6) is 0.414. The molecule has 2 aromatic rings. The molecule has 0 spiro atoms. The minimum Gasteiger partial charge on any atom is -0.332 e. The van der Waals surface area contributed by atoms with E-state index in [0.717, 1.165) is 11.1 Å². The Labute approximate surface area is 92.2 Å². The molecular weight excluding hydrogens is 208 g/mol. The summed E-state index contributed by atoms with van der Waals surface area (Å²) in [5, 5.41) is 0.662. The number of benzene rings is 1. The monoisotopic (exact) mass is 220 g/mol. The number of hydrogen-bond acceptors (Lipinski definition) is 2. The maximum atomic E-state index is 11.6. The van der Waals surface area contributed by atoms with Crippen LogP contribution >= 0.6 is 12.2 Å². The fourth-order valence-electron chi connectivity index (χ4n) is 1.54. The molecule has 0 atom stereocenters. The molecule has 0 saturated heterocycles. The van der Waals surface area contributed by atoms with E-state index >= 15 is 0 Å². The summed E-state index contributed by atoms with van der Waals surface area (Å²) in [6, 6.07) is 5.82. The number of H-pyrrole nitrogens is 2. The summed E-state index contributed by atoms with van der Waals surface area (Å²) in [6.45, 7) is 4.20. The van der Waals surface area contributed by atoms with Crippen molar-refractivity contribution in [1.82, 2.24) is 9.97 Å². The topological polar surface area (TPSA) is 48.6 Å². The molecule has 0 aliphatic carbocycles. The van der Waals surface area contributed by atoms with Gasteiger partial charge in [0.2, 0.25) is 0 Å². The van der Waals surface area contributed by atoms with E-state index < -0.39 is 0 Å². The van der Waals surface area contributed by atoms with Gasteiger partial charge in [-0.3, -0.25) is 9.78 Å². The van der Waals surface area contributed by atoms with Gasteiger partial charge in [-0.15, -0.1) is 0 Å². The second-order valence-electron chi connectivity index (χ2n) is 3.87. The smallest absolute Gasteiger partial charge is 0.259 e. The number of hydrogen-bond donors (Lipinski definition) is 2. The number of nitrogens with one attached hydrogen (secondary N) is 2. The van der Waals surface area contributed by atoms with Gasteiger partial charge in [0, 0.05) is 0 Å². The van der Waals surface area contributed by atoms with Gasteiger partial charge in [0.25, 0.3) is 5.56 Å². The molecule has 2 N–H and O–H groups in total. The normalized spacial score (nSPS) is 11.1. The lowest BCUT2D eigenvalue weighted by Crippen LogP contribution is -2.08. The van der Waals surface area contributed by atoms with Gasteiger partial charge >= 0.3 is 0 Å². The van der Waals surface area contributed by atoms with E-state index in [1.165, 1.54) is 0 Å². The molecule has 0 unspecified atom stereocenters. The van der Waals surface area contributed by atoms with Crippen LogP contribution in [0, 0.1) is 4.77 Å². The van der Waals surface area contributed by atoms with Gasteiger partial charge in [0.1, 0.15) is 0 Å². The third-order valence-corrected chi connectivity index (χ3v) is 2.63. The molecule has 1 aromatic heterocycles. The number of fused-ring (bicyclic) bond motifs is 1. The molecule has 3 nitrogen and oxygen atoms in total. The molecule has 1 aromatic carbocycles. The van der Waals surface area contributed by atoms with Gasteiger partial charge in [-0.1, -0.05) is 19.9 Å². The van der Waals surface area contributed by atoms with E-state index in [2.05, 4.69) is 23.8 Å². The van der Waals surface area contributed by atoms with E-state index in [1.807, 2.05) is 18.2 Å². The quantitative estimate of drug-likeness (QED) is 0.726. The first-order valence-electron chi connectivity index (χ1n) is 4.84. The Balaban J connectivity index is 2.83. The number of aromatic amines is 2. The van der Waals surface area contributed by atoms with Crippen LogP contribution in [-0.2, 0) is 0 Å². The summed E-state index contributed by atoms with van der Waals surface area (Å²) >= 11 is 4.90. The van der Waals surface area contributed by atoms with Crippen molar-refractivity contribution in [2.75, 3.05) is 0 Å². The second-order valence-corrected chi connectivity index (χ2v) is 4.28. The highest BCUT2D eigenvalue weighted by atomic mass is 32.1. The van der Waals surface area contributed by atoms with Crippen LogP contribution in [0.3, 0.4) is 0 Å². The maximum absolute atomic E-state index is 11.6. The SMILES string of the molecule is CC(C)c1ccc2[nH]c(=S)[nH]c(=O)c2c1. The standard InChI is InChI=1S/C11H12N2OS/c1-6(2)7-3-4-9-8(5-7)10(14)13-11(15)12-9/h3-6H,1-2H3,(H2,12,13,14,15). The minimum atomic E-state index is -0.128. The van der Waals surface area contributed by atoms with Crippen molar-refractivity contribution in [2.45, 2.75) is 19.8 Å². The Hall–Kier alpha value is -1.42. The molecule has 0 bridgehead atoms. The highest BCUT2D eigenvalue weighted by molar-refractivity contribution is 7.71. The second kappa shape index (κ2) is 3.62. The van der Waals surface area contributed by atoms with Crippen molar-refractivity contribution in [3.8, 4) is 0 Å². The van der Waals surface area contributed by atoms with Crippen molar-refractivity contribution in [2.24, 2.45) is 0 Å². The molecule has 78 valence electrons. The zero-order valence-electron chi connectivity index (χ0n) is 8.63. The Morgan fingerprint density at radius 2 is 2.00 bits per heavy atom. The summed E-state index contributed by atoms with van der Waals surface area (Å²) in [6.07, 6.45) is 0. The first kappa shape index (κ1) is 10.1. The fourth-order valence-corrected chi connectivity index (χ4v) is 1.74. The van der Waals surface area contributed by atoms with Gasteiger partial charge in [-0.2, -0.15) is 0 Å². The molecule has 4 heteroatoms. The first-order valence-corrected chi connectivity index (χ1v) is 5.25. The van der Waals surface area contributed by atoms with Crippen molar-refractivity contribution in [1.29, 1.82) is 0 Å². The molecule has 0 fully saturated rings. The van der Waals surface area contributed by atoms with E-state index in [9.17, 15) is 4.79 Å². The molecule has 15 heavy (non-hydrogen) atoms. The largest absolute Gasteiger partial charge is 0.332 e. The third kappa shape index (κ3) is 1.85. The molecule has 0 radical (unpaired) electrons. The zero-order valence-corrected chi connectivity index (χ0v) is 9.44. The van der Waals surface area contributed by atoms with E-state index in [-0.39, 0.29) is 5.56 Å². The fraction of sp³-hybridized carbons (Fsp3) is 0.273. The van der Waals surface area contributed by atoms with E-state index in [4.69, 9.17) is 12.2 Å². The Kier molecular flexibility index (Phi) is 2.44. The van der Waals surface area contributed by atoms with Gasteiger partial charge in [0.15, 0.2) is 4.77 Å². The van der Waals surface area contributed by atoms with Crippen LogP contribution in [0.5, 0.6) is 0 Å². The predicted molar refractivity (Wildman–Crippen MR) is 63.8 cm³/mol. The van der Waals surface area contributed by atoms with Crippen molar-refractivity contribution < 1.29 is 0 Å². The molecular formula is C11H12N2OS. The Morgan fingerprint density at radius 3 is 2.67 bits per heavy atom. The first-order chi connectivity index (χ1) is 7.08. The van der Waals surface area contributed by atoms with E-state index in [1.54, 1.807) is 0 Å². The number of rotatable bonds is 1. The van der Waals surface area contributed by atoms with Crippen LogP contribution in [0.1, 0.15) is 25.3 Å². The van der Waals surface area contributed by atoms with Crippen LogP contribution in [-0.4, -0.2) is 9.97 Å². The zero-order chi connectivity index (χ0) is 11.0. The molecule has 0 aliphatic rings. The van der Waals surface area contributed by atoms with Gasteiger partial charge < -0.3 is 4.98 Å². The average Bonchev–Trinajstić information content (AvgIpc) is 2.16. The van der Waals surface area contributed by atoms with Crippen molar-refractivity contribution in [3.05, 3.63) is 38.9 Å². The number of aromatic nitrogens is 2. The summed E-state index contributed by atoms with van der Waals surface area (Å²) < 4.78 is 0.366. The average molecular weight is 220 g/mol. The lowest BCUT2D eigenvalue weighted by molar-refractivity contribution is 0.868. The molecule has 1 heterocycles. The molecule has 0 aliphatic heterocycles. The molecule has 0 amide bonds. The lowest BCUT2D eigenvalue weighted by atomic mass is 10.0. The summed E-state index contributed by atoms with van der Waals surface area (Å²) in [4.78, 5) is 17.2. The van der Waals surface area contributed by atoms with Gasteiger partial charge in [-0.05, 0) is 35.8 Å². The summed E-state index contributed by atoms with van der Waals surface area (Å²) in [7, 11) is 0. The van der Waals surface area contributed by atoms with Crippen LogP contribution < -0.4 is 5.56 Å². The highest BCUT2D eigenvalue weighted by Crippen LogP contribution is 2.17. The Bertz CT molecular complexity index is 610. The van der Waals surface area contributed by atoms with Crippen LogP contribution in [0.25, 0.3) is 10.9 Å². The lowest BCUT2D eigenvalue weighted by Gasteiger charge is -2.05. The van der Waals surface area contributed by atoms with Gasteiger partial charge in [-0.25, -0.2) is 0 Å².